The van der Waals surface area contributed by atoms with Crippen LogP contribution in [-0.4, -0.2) is 17.9 Å². The maximum Gasteiger partial charge on any atom is 0.254 e. The molecule has 2 aromatic carbocycles. The molecule has 0 saturated heterocycles. The molecule has 0 aliphatic heterocycles. The van der Waals surface area contributed by atoms with Gasteiger partial charge >= 0.3 is 0 Å². The van der Waals surface area contributed by atoms with Crippen LogP contribution >= 0.6 is 0 Å². The summed E-state index contributed by atoms with van der Waals surface area (Å²) in [4.78, 5) is 23.7. The number of nitrogens with one attached hydrogen (secondary N) is 2. The Morgan fingerprint density at radius 1 is 1.16 bits per heavy atom. The Morgan fingerprint density at radius 3 is 2.52 bits per heavy atom. The molecule has 0 bridgehead atoms. The third kappa shape index (κ3) is 4.66. The summed E-state index contributed by atoms with van der Waals surface area (Å²) >= 11 is 0. The van der Waals surface area contributed by atoms with Crippen LogP contribution in [0.2, 0.25) is 0 Å². The lowest BCUT2D eigenvalue weighted by molar-refractivity contribution is -0.114. The molecule has 0 radical (unpaired) electrons. The topological polar surface area (TPSA) is 58.2 Å². The van der Waals surface area contributed by atoms with Crippen molar-refractivity contribution in [1.82, 2.24) is 5.32 Å². The first kappa shape index (κ1) is 17.1. The van der Waals surface area contributed by atoms with E-state index in [1.165, 1.54) is 25.1 Å². The number of amides is 2. The van der Waals surface area contributed by atoms with Gasteiger partial charge in [0.15, 0.2) is 0 Å². The molecule has 2 N–H and O–H groups in total. The summed E-state index contributed by atoms with van der Waals surface area (Å²) in [6.45, 7) is 1.37. The van der Waals surface area contributed by atoms with Gasteiger partial charge in [-0.05, 0) is 48.9 Å². The number of carbonyl (C=O) groups is 2. The average Bonchev–Trinajstić information content (AvgIpc) is 3.41. The van der Waals surface area contributed by atoms with Crippen LogP contribution in [0.15, 0.2) is 48.5 Å². The van der Waals surface area contributed by atoms with E-state index in [1.54, 1.807) is 0 Å². The summed E-state index contributed by atoms with van der Waals surface area (Å²) in [7, 11) is 0. The summed E-state index contributed by atoms with van der Waals surface area (Å²) < 4.78 is 14.1. The molecule has 1 aliphatic rings. The van der Waals surface area contributed by atoms with Gasteiger partial charge in [-0.25, -0.2) is 4.39 Å². The molecule has 0 spiro atoms. The van der Waals surface area contributed by atoms with Gasteiger partial charge in [0.05, 0.1) is 5.56 Å². The van der Waals surface area contributed by atoms with E-state index in [0.29, 0.717) is 11.6 Å². The van der Waals surface area contributed by atoms with Crippen LogP contribution in [0.1, 0.15) is 35.7 Å². The van der Waals surface area contributed by atoms with Gasteiger partial charge < -0.3 is 10.6 Å². The maximum absolute atomic E-state index is 14.1. The minimum absolute atomic E-state index is 0.0151. The molecule has 4 nitrogen and oxygen atoms in total. The van der Waals surface area contributed by atoms with Crippen LogP contribution in [0, 0.1) is 11.7 Å². The Labute approximate surface area is 146 Å². The summed E-state index contributed by atoms with van der Waals surface area (Å²) in [5, 5.41) is 5.54. The molecule has 0 aromatic heterocycles. The van der Waals surface area contributed by atoms with Crippen LogP contribution in [0.3, 0.4) is 0 Å². The van der Waals surface area contributed by atoms with Crippen molar-refractivity contribution in [3.05, 3.63) is 65.5 Å². The van der Waals surface area contributed by atoms with Crippen LogP contribution < -0.4 is 10.6 Å². The molecule has 3 rings (SSSR count). The van der Waals surface area contributed by atoms with Gasteiger partial charge in [0.1, 0.15) is 5.82 Å². The summed E-state index contributed by atoms with van der Waals surface area (Å²) in [6.07, 6.45) is 2.88. The van der Waals surface area contributed by atoms with Gasteiger partial charge in [0.25, 0.3) is 5.91 Å². The fourth-order valence-electron chi connectivity index (χ4n) is 2.93. The molecule has 1 saturated carbocycles. The predicted octanol–water partition coefficient (Wildman–Crippen LogP) is 3.54. The lowest BCUT2D eigenvalue weighted by Gasteiger charge is -2.19. The van der Waals surface area contributed by atoms with Crippen molar-refractivity contribution in [2.45, 2.75) is 32.2 Å². The van der Waals surface area contributed by atoms with Crippen molar-refractivity contribution in [2.24, 2.45) is 5.92 Å². The highest BCUT2D eigenvalue weighted by Gasteiger charge is 2.32. The first-order valence-corrected chi connectivity index (χ1v) is 8.45. The molecule has 1 atom stereocenters. The monoisotopic (exact) mass is 340 g/mol. The summed E-state index contributed by atoms with van der Waals surface area (Å²) in [5.41, 5.74) is 1.50. The number of hydrogen-bond donors (Lipinski definition) is 2. The minimum atomic E-state index is -0.596. The number of halogens is 1. The Kier molecular flexibility index (Phi) is 5.12. The van der Waals surface area contributed by atoms with E-state index in [0.717, 1.165) is 24.8 Å². The zero-order valence-corrected chi connectivity index (χ0v) is 14.1. The van der Waals surface area contributed by atoms with E-state index in [2.05, 4.69) is 10.6 Å². The zero-order valence-electron chi connectivity index (χ0n) is 14.1. The Bertz CT molecular complexity index is 773. The van der Waals surface area contributed by atoms with Crippen molar-refractivity contribution >= 4 is 17.5 Å². The van der Waals surface area contributed by atoms with E-state index in [1.807, 2.05) is 30.3 Å². The maximum atomic E-state index is 14.1. The molecule has 130 valence electrons. The van der Waals surface area contributed by atoms with Gasteiger partial charge in [-0.1, -0.05) is 30.3 Å². The number of carbonyl (C=O) groups excluding carboxylic acids is 2. The van der Waals surface area contributed by atoms with Crippen molar-refractivity contribution in [3.63, 3.8) is 0 Å². The predicted molar refractivity (Wildman–Crippen MR) is 94.8 cm³/mol. The molecule has 0 heterocycles. The molecule has 25 heavy (non-hydrogen) atoms. The highest BCUT2D eigenvalue weighted by Crippen LogP contribution is 2.34. The smallest absolute Gasteiger partial charge is 0.254 e. The normalized spacial score (nSPS) is 14.6. The first-order chi connectivity index (χ1) is 12.0. The fourth-order valence-corrected chi connectivity index (χ4v) is 2.93. The van der Waals surface area contributed by atoms with E-state index >= 15 is 0 Å². The third-order valence-corrected chi connectivity index (χ3v) is 4.34. The summed E-state index contributed by atoms with van der Waals surface area (Å²) in [6, 6.07) is 13.9. The SMILES string of the molecule is CC(=O)Nc1ccc(F)c(C(=O)N[C@H](Cc2ccccc2)C2CC2)c1. The van der Waals surface area contributed by atoms with Gasteiger partial charge in [-0.3, -0.25) is 9.59 Å². The van der Waals surface area contributed by atoms with Crippen LogP contribution in [0.5, 0.6) is 0 Å². The highest BCUT2D eigenvalue weighted by atomic mass is 19.1. The molecule has 2 aromatic rings. The van der Waals surface area contributed by atoms with Gasteiger partial charge in [-0.15, -0.1) is 0 Å². The number of rotatable bonds is 6. The molecular formula is C20H21FN2O2. The average molecular weight is 340 g/mol. The highest BCUT2D eigenvalue weighted by molar-refractivity contribution is 5.97. The van der Waals surface area contributed by atoms with Gasteiger partial charge in [0.2, 0.25) is 5.91 Å². The number of benzene rings is 2. The standard InChI is InChI=1S/C20H21FN2O2/c1-13(24)22-16-9-10-18(21)17(12-16)20(25)23-19(15-7-8-15)11-14-5-3-2-4-6-14/h2-6,9-10,12,15,19H,7-8,11H2,1H3,(H,22,24)(H,23,25)/t19-/m1/s1. The number of anilines is 1. The van der Waals surface area contributed by atoms with E-state index in [-0.39, 0.29) is 17.5 Å². The van der Waals surface area contributed by atoms with Crippen LogP contribution in [-0.2, 0) is 11.2 Å². The molecule has 1 aliphatic carbocycles. The molecule has 1 fully saturated rings. The molecule has 5 heteroatoms. The fraction of sp³-hybridized carbons (Fsp3) is 0.300. The minimum Gasteiger partial charge on any atom is -0.349 e. The molecule has 0 unspecified atom stereocenters. The first-order valence-electron chi connectivity index (χ1n) is 8.45. The lowest BCUT2D eigenvalue weighted by atomic mass is 10.0. The quantitative estimate of drug-likeness (QED) is 0.845. The van der Waals surface area contributed by atoms with E-state index < -0.39 is 11.7 Å². The van der Waals surface area contributed by atoms with Gasteiger partial charge in [0, 0.05) is 18.7 Å². The lowest BCUT2D eigenvalue weighted by Crippen LogP contribution is -2.38. The molecule has 2 amide bonds. The van der Waals surface area contributed by atoms with E-state index in [4.69, 9.17) is 0 Å². The summed E-state index contributed by atoms with van der Waals surface area (Å²) in [5.74, 6) is -0.873. The molecular weight excluding hydrogens is 319 g/mol. The van der Waals surface area contributed by atoms with E-state index in [9.17, 15) is 14.0 Å². The van der Waals surface area contributed by atoms with Crippen molar-refractivity contribution < 1.29 is 14.0 Å². The second-order valence-corrected chi connectivity index (χ2v) is 6.48. The third-order valence-electron chi connectivity index (χ3n) is 4.34. The second kappa shape index (κ2) is 7.47. The second-order valence-electron chi connectivity index (χ2n) is 6.48. The Balaban J connectivity index is 1.74. The van der Waals surface area contributed by atoms with Crippen molar-refractivity contribution in [2.75, 3.05) is 5.32 Å². The van der Waals surface area contributed by atoms with Crippen LogP contribution in [0.4, 0.5) is 10.1 Å². The largest absolute Gasteiger partial charge is 0.349 e. The Hall–Kier alpha value is -2.69. The van der Waals surface area contributed by atoms with Crippen molar-refractivity contribution in [3.8, 4) is 0 Å². The zero-order chi connectivity index (χ0) is 17.8. The van der Waals surface area contributed by atoms with Gasteiger partial charge in [-0.2, -0.15) is 0 Å². The Morgan fingerprint density at radius 2 is 1.88 bits per heavy atom. The number of hydrogen-bond acceptors (Lipinski definition) is 2. The van der Waals surface area contributed by atoms with Crippen molar-refractivity contribution in [1.29, 1.82) is 0 Å². The van der Waals surface area contributed by atoms with Crippen LogP contribution in [0.25, 0.3) is 0 Å².